The Morgan fingerprint density at radius 2 is 2.15 bits per heavy atom. The Morgan fingerprint density at radius 1 is 1.40 bits per heavy atom. The van der Waals surface area contributed by atoms with Gasteiger partial charge in [-0.15, -0.1) is 0 Å². The van der Waals surface area contributed by atoms with Gasteiger partial charge in [0.25, 0.3) is 0 Å². The number of nitrogens with one attached hydrogen (secondary N) is 1. The first-order valence-electron chi connectivity index (χ1n) is 7.30. The van der Waals surface area contributed by atoms with Crippen molar-refractivity contribution in [2.75, 3.05) is 13.7 Å². The monoisotopic (exact) mass is 277 g/mol. The van der Waals surface area contributed by atoms with E-state index in [2.05, 4.69) is 5.32 Å². The van der Waals surface area contributed by atoms with Gasteiger partial charge in [0, 0.05) is 12.5 Å². The van der Waals surface area contributed by atoms with Crippen molar-refractivity contribution in [2.45, 2.75) is 38.2 Å². The van der Waals surface area contributed by atoms with Gasteiger partial charge < -0.3 is 15.2 Å². The molecule has 1 fully saturated rings. The number of aliphatic hydroxyl groups is 1. The van der Waals surface area contributed by atoms with Crippen LogP contribution in [-0.4, -0.2) is 24.7 Å². The second-order valence-corrected chi connectivity index (χ2v) is 5.37. The molecule has 1 atom stereocenters. The maximum absolute atomic E-state index is 12.0. The van der Waals surface area contributed by atoms with Crippen molar-refractivity contribution in [2.24, 2.45) is 5.92 Å². The lowest BCUT2D eigenvalue weighted by Gasteiger charge is -2.21. The summed E-state index contributed by atoms with van der Waals surface area (Å²) in [6.45, 7) is 0.252. The lowest BCUT2D eigenvalue weighted by Crippen LogP contribution is -2.34. The fourth-order valence-electron chi connectivity index (χ4n) is 2.67. The van der Waals surface area contributed by atoms with Crippen LogP contribution in [0.15, 0.2) is 24.3 Å². The Kier molecular flexibility index (Phi) is 5.41. The highest BCUT2D eigenvalue weighted by Gasteiger charge is 2.21. The highest BCUT2D eigenvalue weighted by Crippen LogP contribution is 2.24. The fraction of sp³-hybridized carbons (Fsp3) is 0.562. The summed E-state index contributed by atoms with van der Waals surface area (Å²) in [5.74, 6) is 0.910. The Hall–Kier alpha value is -1.55. The van der Waals surface area contributed by atoms with Crippen molar-refractivity contribution in [1.29, 1.82) is 0 Å². The van der Waals surface area contributed by atoms with Gasteiger partial charge in [0.15, 0.2) is 0 Å². The van der Waals surface area contributed by atoms with E-state index in [0.29, 0.717) is 5.75 Å². The lowest BCUT2D eigenvalue weighted by atomic mass is 9.88. The van der Waals surface area contributed by atoms with E-state index < -0.39 is 6.10 Å². The molecule has 4 nitrogen and oxygen atoms in total. The summed E-state index contributed by atoms with van der Waals surface area (Å²) in [5.41, 5.74) is 0.758. The van der Waals surface area contributed by atoms with Crippen LogP contribution in [0.25, 0.3) is 0 Å². The van der Waals surface area contributed by atoms with Gasteiger partial charge in [0.2, 0.25) is 5.91 Å². The highest BCUT2D eigenvalue weighted by atomic mass is 16.5. The summed E-state index contributed by atoms with van der Waals surface area (Å²) in [7, 11) is 1.59. The number of ether oxygens (including phenoxy) is 1. The average molecular weight is 277 g/mol. The summed E-state index contributed by atoms with van der Waals surface area (Å²) in [6, 6.07) is 7.29. The quantitative estimate of drug-likeness (QED) is 0.869. The maximum Gasteiger partial charge on any atom is 0.223 e. The molecule has 2 N–H and O–H groups in total. The van der Waals surface area contributed by atoms with Gasteiger partial charge in [-0.1, -0.05) is 31.4 Å². The number of amides is 1. The Labute approximate surface area is 120 Å². The molecule has 1 amide bonds. The molecule has 1 aliphatic rings. The molecule has 0 aliphatic heterocycles. The van der Waals surface area contributed by atoms with Crippen molar-refractivity contribution in [1.82, 2.24) is 5.32 Å². The lowest BCUT2D eigenvalue weighted by molar-refractivity contribution is -0.126. The molecule has 0 aromatic heterocycles. The van der Waals surface area contributed by atoms with Crippen molar-refractivity contribution < 1.29 is 14.6 Å². The third-order valence-electron chi connectivity index (χ3n) is 3.92. The molecule has 1 saturated carbocycles. The van der Waals surface area contributed by atoms with Crippen LogP contribution in [0, 0.1) is 5.92 Å². The zero-order valence-corrected chi connectivity index (χ0v) is 12.0. The molecule has 4 heteroatoms. The highest BCUT2D eigenvalue weighted by molar-refractivity contribution is 5.78. The van der Waals surface area contributed by atoms with E-state index in [-0.39, 0.29) is 18.4 Å². The molecule has 2 rings (SSSR count). The Balaban J connectivity index is 1.84. The second-order valence-electron chi connectivity index (χ2n) is 5.37. The first kappa shape index (κ1) is 14.9. The van der Waals surface area contributed by atoms with Gasteiger partial charge in [-0.3, -0.25) is 4.79 Å². The standard InChI is InChI=1S/C16H23NO3/c1-20-14-9-5-8-13(10-14)15(18)11-17-16(19)12-6-3-2-4-7-12/h5,8-10,12,15,18H,2-4,6-7,11H2,1H3,(H,17,19). The molecule has 1 aliphatic carbocycles. The minimum Gasteiger partial charge on any atom is -0.497 e. The number of hydrogen-bond donors (Lipinski definition) is 2. The molecule has 1 aromatic rings. The first-order chi connectivity index (χ1) is 9.70. The third-order valence-corrected chi connectivity index (χ3v) is 3.92. The molecule has 110 valence electrons. The number of benzene rings is 1. The molecular weight excluding hydrogens is 254 g/mol. The minimum absolute atomic E-state index is 0.0756. The first-order valence-corrected chi connectivity index (χ1v) is 7.30. The van der Waals surface area contributed by atoms with Crippen LogP contribution in [0.5, 0.6) is 5.75 Å². The van der Waals surface area contributed by atoms with E-state index in [4.69, 9.17) is 4.74 Å². The molecule has 1 aromatic carbocycles. The molecule has 0 radical (unpaired) electrons. The topological polar surface area (TPSA) is 58.6 Å². The van der Waals surface area contributed by atoms with Crippen molar-refractivity contribution in [3.05, 3.63) is 29.8 Å². The van der Waals surface area contributed by atoms with E-state index >= 15 is 0 Å². The van der Waals surface area contributed by atoms with Crippen LogP contribution in [-0.2, 0) is 4.79 Å². The van der Waals surface area contributed by atoms with Crippen molar-refractivity contribution in [3.63, 3.8) is 0 Å². The van der Waals surface area contributed by atoms with E-state index in [1.54, 1.807) is 13.2 Å². The van der Waals surface area contributed by atoms with Gasteiger partial charge in [0.05, 0.1) is 13.2 Å². The number of aliphatic hydroxyl groups excluding tert-OH is 1. The van der Waals surface area contributed by atoms with E-state index in [1.807, 2.05) is 18.2 Å². The Bertz CT molecular complexity index is 441. The number of hydrogen-bond acceptors (Lipinski definition) is 3. The number of rotatable bonds is 5. The maximum atomic E-state index is 12.0. The zero-order chi connectivity index (χ0) is 14.4. The van der Waals surface area contributed by atoms with Crippen molar-refractivity contribution in [3.8, 4) is 5.75 Å². The van der Waals surface area contributed by atoms with Crippen LogP contribution >= 0.6 is 0 Å². The van der Waals surface area contributed by atoms with Crippen LogP contribution in [0.2, 0.25) is 0 Å². The third kappa shape index (κ3) is 3.97. The summed E-state index contributed by atoms with van der Waals surface area (Å²) >= 11 is 0. The summed E-state index contributed by atoms with van der Waals surface area (Å²) < 4.78 is 5.13. The van der Waals surface area contributed by atoms with Gasteiger partial charge in [-0.2, -0.15) is 0 Å². The number of carbonyl (C=O) groups is 1. The summed E-state index contributed by atoms with van der Waals surface area (Å²) in [4.78, 5) is 12.0. The SMILES string of the molecule is COc1cccc(C(O)CNC(=O)C2CCCCC2)c1. The van der Waals surface area contributed by atoms with Crippen molar-refractivity contribution >= 4 is 5.91 Å². The molecule has 0 saturated heterocycles. The fourth-order valence-corrected chi connectivity index (χ4v) is 2.67. The zero-order valence-electron chi connectivity index (χ0n) is 12.0. The van der Waals surface area contributed by atoms with Crippen LogP contribution < -0.4 is 10.1 Å². The van der Waals surface area contributed by atoms with Gasteiger partial charge in [-0.05, 0) is 30.5 Å². The summed E-state index contributed by atoms with van der Waals surface area (Å²) in [6.07, 6.45) is 4.75. The number of methoxy groups -OCH3 is 1. The molecule has 0 bridgehead atoms. The van der Waals surface area contributed by atoms with Crippen LogP contribution in [0.3, 0.4) is 0 Å². The van der Waals surface area contributed by atoms with E-state index in [1.165, 1.54) is 6.42 Å². The predicted octanol–water partition coefficient (Wildman–Crippen LogP) is 2.43. The predicted molar refractivity (Wildman–Crippen MR) is 77.5 cm³/mol. The molecular formula is C16H23NO3. The van der Waals surface area contributed by atoms with Crippen LogP contribution in [0.4, 0.5) is 0 Å². The van der Waals surface area contributed by atoms with E-state index in [0.717, 1.165) is 31.2 Å². The van der Waals surface area contributed by atoms with Crippen LogP contribution in [0.1, 0.15) is 43.8 Å². The largest absolute Gasteiger partial charge is 0.497 e. The molecule has 0 spiro atoms. The average Bonchev–Trinajstić information content (AvgIpc) is 2.53. The second kappa shape index (κ2) is 7.29. The smallest absolute Gasteiger partial charge is 0.223 e. The summed E-state index contributed by atoms with van der Waals surface area (Å²) in [5, 5.41) is 13.0. The molecule has 0 heterocycles. The van der Waals surface area contributed by atoms with Gasteiger partial charge in [0.1, 0.15) is 5.75 Å². The minimum atomic E-state index is -0.697. The van der Waals surface area contributed by atoms with Gasteiger partial charge >= 0.3 is 0 Å². The van der Waals surface area contributed by atoms with Gasteiger partial charge in [-0.25, -0.2) is 0 Å². The molecule has 1 unspecified atom stereocenters. The normalized spacial score (nSPS) is 17.5. The number of carbonyl (C=O) groups excluding carboxylic acids is 1. The molecule has 20 heavy (non-hydrogen) atoms. The van der Waals surface area contributed by atoms with E-state index in [9.17, 15) is 9.90 Å². The Morgan fingerprint density at radius 3 is 2.85 bits per heavy atom.